The van der Waals surface area contributed by atoms with Gasteiger partial charge in [0.15, 0.2) is 11.5 Å². The zero-order valence-electron chi connectivity index (χ0n) is 13.7. The minimum absolute atomic E-state index is 0.196. The third kappa shape index (κ3) is 2.78. The number of hydrogen-bond acceptors (Lipinski definition) is 5. The Bertz CT molecular complexity index is 935. The second-order valence-electron chi connectivity index (χ2n) is 5.92. The number of carbonyl (C=O) groups excluding carboxylic acids is 2. The van der Waals surface area contributed by atoms with Gasteiger partial charge in [-0.2, -0.15) is 0 Å². The lowest BCUT2D eigenvalue weighted by Gasteiger charge is -2.15. The van der Waals surface area contributed by atoms with Gasteiger partial charge in [-0.3, -0.25) is 9.59 Å². The second-order valence-corrected chi connectivity index (χ2v) is 6.91. The number of ether oxygens (including phenoxy) is 2. The summed E-state index contributed by atoms with van der Waals surface area (Å²) in [5.41, 5.74) is 3.40. The standard InChI is InChI=1S/C19H15NO4S/c1-11-3-5-14(12(2)7-11)20-18(21)17(25-19(20)22)9-13-4-6-15-16(8-13)24-10-23-15/h3-9H,10H2,1-2H3/b17-9-. The predicted octanol–water partition coefficient (Wildman–Crippen LogP) is 4.27. The molecular formula is C19H15NO4S. The van der Waals surface area contributed by atoms with Crippen LogP contribution < -0.4 is 14.4 Å². The summed E-state index contributed by atoms with van der Waals surface area (Å²) in [7, 11) is 0. The van der Waals surface area contributed by atoms with Crippen molar-refractivity contribution in [2.24, 2.45) is 0 Å². The van der Waals surface area contributed by atoms with Crippen LogP contribution in [-0.2, 0) is 4.79 Å². The van der Waals surface area contributed by atoms with Crippen molar-refractivity contribution < 1.29 is 19.1 Å². The first-order valence-corrected chi connectivity index (χ1v) is 8.59. The maximum absolute atomic E-state index is 12.8. The van der Waals surface area contributed by atoms with Gasteiger partial charge in [-0.15, -0.1) is 0 Å². The first kappa shape index (κ1) is 15.8. The maximum Gasteiger partial charge on any atom is 0.298 e. The molecule has 2 aliphatic rings. The third-order valence-electron chi connectivity index (χ3n) is 4.08. The molecule has 6 heteroatoms. The molecular weight excluding hydrogens is 338 g/mol. The van der Waals surface area contributed by atoms with E-state index in [9.17, 15) is 9.59 Å². The monoisotopic (exact) mass is 353 g/mol. The van der Waals surface area contributed by atoms with Gasteiger partial charge < -0.3 is 9.47 Å². The lowest BCUT2D eigenvalue weighted by atomic mass is 10.1. The fourth-order valence-corrected chi connectivity index (χ4v) is 3.72. The van der Waals surface area contributed by atoms with Crippen LogP contribution in [0.15, 0.2) is 41.3 Å². The van der Waals surface area contributed by atoms with Crippen molar-refractivity contribution in [1.82, 2.24) is 0 Å². The number of aryl methyl sites for hydroxylation is 2. The van der Waals surface area contributed by atoms with Gasteiger partial charge >= 0.3 is 0 Å². The second kappa shape index (κ2) is 5.97. The van der Waals surface area contributed by atoms with E-state index in [1.807, 2.05) is 38.1 Å². The molecule has 126 valence electrons. The topological polar surface area (TPSA) is 55.8 Å². The van der Waals surface area contributed by atoms with Crippen LogP contribution in [0.2, 0.25) is 0 Å². The van der Waals surface area contributed by atoms with Crippen molar-refractivity contribution in [1.29, 1.82) is 0 Å². The number of hydrogen-bond donors (Lipinski definition) is 0. The fourth-order valence-electron chi connectivity index (χ4n) is 2.89. The molecule has 0 N–H and O–H groups in total. The number of thioether (sulfide) groups is 1. The highest BCUT2D eigenvalue weighted by molar-refractivity contribution is 8.19. The van der Waals surface area contributed by atoms with Gasteiger partial charge in [0.25, 0.3) is 11.1 Å². The van der Waals surface area contributed by atoms with E-state index >= 15 is 0 Å². The van der Waals surface area contributed by atoms with Crippen LogP contribution in [0, 0.1) is 13.8 Å². The van der Waals surface area contributed by atoms with Crippen molar-refractivity contribution >= 4 is 34.7 Å². The summed E-state index contributed by atoms with van der Waals surface area (Å²) in [6.45, 7) is 4.07. The Kier molecular flexibility index (Phi) is 3.77. The Morgan fingerprint density at radius 2 is 1.84 bits per heavy atom. The molecule has 0 unspecified atom stereocenters. The SMILES string of the molecule is Cc1ccc(N2C(=O)S/C(=C\c3ccc4c(c3)OCO4)C2=O)c(C)c1. The molecule has 2 aromatic rings. The Morgan fingerprint density at radius 3 is 2.64 bits per heavy atom. The van der Waals surface area contributed by atoms with E-state index in [-0.39, 0.29) is 17.9 Å². The first-order chi connectivity index (χ1) is 12.0. The number of imide groups is 1. The molecule has 0 atom stereocenters. The van der Waals surface area contributed by atoms with Crippen LogP contribution in [0.3, 0.4) is 0 Å². The lowest BCUT2D eigenvalue weighted by molar-refractivity contribution is -0.113. The molecule has 0 radical (unpaired) electrons. The molecule has 25 heavy (non-hydrogen) atoms. The average molecular weight is 353 g/mol. The Morgan fingerprint density at radius 1 is 1.04 bits per heavy atom. The highest BCUT2D eigenvalue weighted by atomic mass is 32.2. The van der Waals surface area contributed by atoms with Gasteiger partial charge in [-0.05, 0) is 61.0 Å². The van der Waals surface area contributed by atoms with E-state index in [0.717, 1.165) is 28.5 Å². The summed E-state index contributed by atoms with van der Waals surface area (Å²) in [4.78, 5) is 26.8. The van der Waals surface area contributed by atoms with Crippen molar-refractivity contribution in [3.8, 4) is 11.5 Å². The van der Waals surface area contributed by atoms with Gasteiger partial charge in [0, 0.05) is 0 Å². The van der Waals surface area contributed by atoms with Crippen LogP contribution >= 0.6 is 11.8 Å². The molecule has 5 nitrogen and oxygen atoms in total. The predicted molar refractivity (Wildman–Crippen MR) is 96.9 cm³/mol. The Labute approximate surface area is 149 Å². The van der Waals surface area contributed by atoms with Crippen molar-refractivity contribution in [2.45, 2.75) is 13.8 Å². The number of nitrogens with zero attached hydrogens (tertiary/aromatic N) is 1. The highest BCUT2D eigenvalue weighted by Gasteiger charge is 2.37. The minimum atomic E-state index is -0.306. The molecule has 2 heterocycles. The third-order valence-corrected chi connectivity index (χ3v) is 4.95. The van der Waals surface area contributed by atoms with Crippen LogP contribution in [0.25, 0.3) is 6.08 Å². The van der Waals surface area contributed by atoms with Crippen LogP contribution in [-0.4, -0.2) is 17.9 Å². The summed E-state index contributed by atoms with van der Waals surface area (Å²) >= 11 is 0.944. The zero-order valence-corrected chi connectivity index (χ0v) is 14.6. The molecule has 0 bridgehead atoms. The van der Waals surface area contributed by atoms with E-state index in [0.29, 0.717) is 22.1 Å². The quantitative estimate of drug-likeness (QED) is 0.755. The molecule has 2 aliphatic heterocycles. The minimum Gasteiger partial charge on any atom is -0.454 e. The van der Waals surface area contributed by atoms with E-state index in [1.54, 1.807) is 18.2 Å². The Balaban J connectivity index is 1.67. The Hall–Kier alpha value is -2.73. The van der Waals surface area contributed by atoms with Gasteiger partial charge in [0.05, 0.1) is 10.6 Å². The fraction of sp³-hybridized carbons (Fsp3) is 0.158. The smallest absolute Gasteiger partial charge is 0.298 e. The van der Waals surface area contributed by atoms with E-state index in [1.165, 1.54) is 4.90 Å². The molecule has 0 aliphatic carbocycles. The number of fused-ring (bicyclic) bond motifs is 1. The first-order valence-electron chi connectivity index (χ1n) is 7.78. The number of benzene rings is 2. The molecule has 2 aromatic carbocycles. The summed E-state index contributed by atoms with van der Waals surface area (Å²) in [6, 6.07) is 11.1. The summed E-state index contributed by atoms with van der Waals surface area (Å²) in [5, 5.41) is -0.288. The molecule has 0 spiro atoms. The highest BCUT2D eigenvalue weighted by Crippen LogP contribution is 2.38. The largest absolute Gasteiger partial charge is 0.454 e. The molecule has 0 saturated carbocycles. The number of anilines is 1. The van der Waals surface area contributed by atoms with Gasteiger partial charge in [-0.1, -0.05) is 23.8 Å². The summed E-state index contributed by atoms with van der Waals surface area (Å²) in [5.74, 6) is 1.02. The zero-order chi connectivity index (χ0) is 17.6. The van der Waals surface area contributed by atoms with Gasteiger partial charge in [0.2, 0.25) is 6.79 Å². The van der Waals surface area contributed by atoms with Crippen LogP contribution in [0.5, 0.6) is 11.5 Å². The van der Waals surface area contributed by atoms with E-state index < -0.39 is 0 Å². The number of rotatable bonds is 2. The molecule has 2 amide bonds. The van der Waals surface area contributed by atoms with Crippen molar-refractivity contribution in [2.75, 3.05) is 11.7 Å². The number of carbonyl (C=O) groups is 2. The van der Waals surface area contributed by atoms with E-state index in [4.69, 9.17) is 9.47 Å². The molecule has 0 aromatic heterocycles. The van der Waals surface area contributed by atoms with Crippen molar-refractivity contribution in [3.63, 3.8) is 0 Å². The van der Waals surface area contributed by atoms with Gasteiger partial charge in [-0.25, -0.2) is 4.90 Å². The number of amides is 2. The van der Waals surface area contributed by atoms with E-state index in [2.05, 4.69) is 0 Å². The summed E-state index contributed by atoms with van der Waals surface area (Å²) < 4.78 is 10.6. The normalized spacial score (nSPS) is 17.7. The van der Waals surface area contributed by atoms with Gasteiger partial charge in [0.1, 0.15) is 0 Å². The summed E-state index contributed by atoms with van der Waals surface area (Å²) in [6.07, 6.45) is 1.70. The molecule has 1 saturated heterocycles. The lowest BCUT2D eigenvalue weighted by Crippen LogP contribution is -2.28. The maximum atomic E-state index is 12.8. The van der Waals surface area contributed by atoms with Crippen LogP contribution in [0.1, 0.15) is 16.7 Å². The van der Waals surface area contributed by atoms with Crippen molar-refractivity contribution in [3.05, 3.63) is 58.0 Å². The molecule has 4 rings (SSSR count). The van der Waals surface area contributed by atoms with Crippen LogP contribution in [0.4, 0.5) is 10.5 Å². The average Bonchev–Trinajstić information content (AvgIpc) is 3.13. The molecule has 1 fully saturated rings.